The van der Waals surface area contributed by atoms with Crippen LogP contribution < -0.4 is 0 Å². The smallest absolute Gasteiger partial charge is 0.337 e. The zero-order valence-electron chi connectivity index (χ0n) is 13.4. The molecule has 4 nitrogen and oxygen atoms in total. The number of rotatable bonds is 4. The van der Waals surface area contributed by atoms with Crippen LogP contribution in [-0.2, 0) is 11.3 Å². The number of carbonyl (C=O) groups is 1. The molecule has 2 heterocycles. The molecule has 120 valence electrons. The number of pyridine rings is 1. The number of nitrogens with zero attached hydrogens (tertiary/aromatic N) is 2. The van der Waals surface area contributed by atoms with Crippen molar-refractivity contribution in [3.8, 4) is 0 Å². The first-order valence-electron chi connectivity index (χ1n) is 8.10. The summed E-state index contributed by atoms with van der Waals surface area (Å²) >= 11 is 0. The van der Waals surface area contributed by atoms with Crippen LogP contribution in [0.15, 0.2) is 48.7 Å². The SMILES string of the molecule is COC(=O)c1cccc(CN2CCCC[C@H]2c2ccccn2)c1. The number of hydrogen-bond acceptors (Lipinski definition) is 4. The Morgan fingerprint density at radius 3 is 2.96 bits per heavy atom. The first-order chi connectivity index (χ1) is 11.3. The molecule has 1 saturated heterocycles. The van der Waals surface area contributed by atoms with Gasteiger partial charge in [0.2, 0.25) is 0 Å². The third-order valence-corrected chi connectivity index (χ3v) is 4.38. The Labute approximate surface area is 137 Å². The number of benzene rings is 1. The average Bonchev–Trinajstić information content (AvgIpc) is 2.62. The number of ether oxygens (including phenoxy) is 1. The number of aromatic nitrogens is 1. The molecular formula is C19H22N2O2. The molecule has 0 unspecified atom stereocenters. The van der Waals surface area contributed by atoms with Crippen molar-refractivity contribution in [2.24, 2.45) is 0 Å². The summed E-state index contributed by atoms with van der Waals surface area (Å²) in [5, 5.41) is 0. The summed E-state index contributed by atoms with van der Waals surface area (Å²) in [6.07, 6.45) is 5.44. The highest BCUT2D eigenvalue weighted by Gasteiger charge is 2.24. The maximum Gasteiger partial charge on any atom is 0.337 e. The van der Waals surface area contributed by atoms with E-state index in [2.05, 4.69) is 22.0 Å². The number of piperidine rings is 1. The van der Waals surface area contributed by atoms with Gasteiger partial charge in [0.15, 0.2) is 0 Å². The Hall–Kier alpha value is -2.20. The number of methoxy groups -OCH3 is 1. The number of carbonyl (C=O) groups excluding carboxylic acids is 1. The van der Waals surface area contributed by atoms with E-state index in [1.54, 1.807) is 6.07 Å². The molecule has 1 aromatic heterocycles. The van der Waals surface area contributed by atoms with Crippen molar-refractivity contribution in [1.82, 2.24) is 9.88 Å². The highest BCUT2D eigenvalue weighted by Crippen LogP contribution is 2.31. The van der Waals surface area contributed by atoms with E-state index in [0.717, 1.165) is 30.8 Å². The van der Waals surface area contributed by atoms with Crippen molar-refractivity contribution in [2.75, 3.05) is 13.7 Å². The zero-order chi connectivity index (χ0) is 16.1. The molecule has 1 atom stereocenters. The fourth-order valence-corrected chi connectivity index (χ4v) is 3.24. The standard InChI is InChI=1S/C19H22N2O2/c1-23-19(22)16-8-6-7-15(13-16)14-21-12-5-3-10-18(21)17-9-2-4-11-20-17/h2,4,6-9,11,13,18H,3,5,10,12,14H2,1H3/t18-/m0/s1. The van der Waals surface area contributed by atoms with Gasteiger partial charge in [0.05, 0.1) is 24.4 Å². The van der Waals surface area contributed by atoms with E-state index in [1.807, 2.05) is 30.5 Å². The molecule has 0 aliphatic carbocycles. The number of esters is 1. The molecule has 0 spiro atoms. The van der Waals surface area contributed by atoms with Gasteiger partial charge in [-0.05, 0) is 49.2 Å². The van der Waals surface area contributed by atoms with Crippen LogP contribution in [0.4, 0.5) is 0 Å². The van der Waals surface area contributed by atoms with Gasteiger partial charge in [-0.3, -0.25) is 9.88 Å². The molecule has 23 heavy (non-hydrogen) atoms. The lowest BCUT2D eigenvalue weighted by Gasteiger charge is -2.35. The van der Waals surface area contributed by atoms with Crippen molar-refractivity contribution < 1.29 is 9.53 Å². The normalized spacial score (nSPS) is 18.6. The summed E-state index contributed by atoms with van der Waals surface area (Å²) in [6, 6.07) is 14.2. The third kappa shape index (κ3) is 3.77. The Balaban J connectivity index is 1.78. The highest BCUT2D eigenvalue weighted by atomic mass is 16.5. The molecule has 0 amide bonds. The van der Waals surface area contributed by atoms with Gasteiger partial charge < -0.3 is 4.74 Å². The van der Waals surface area contributed by atoms with Gasteiger partial charge in [0.25, 0.3) is 0 Å². The summed E-state index contributed by atoms with van der Waals surface area (Å²) in [6.45, 7) is 1.88. The lowest BCUT2D eigenvalue weighted by molar-refractivity contribution is 0.0600. The Bertz CT molecular complexity index is 657. The quantitative estimate of drug-likeness (QED) is 0.809. The van der Waals surface area contributed by atoms with E-state index in [-0.39, 0.29) is 5.97 Å². The van der Waals surface area contributed by atoms with Crippen LogP contribution in [0, 0.1) is 0 Å². The van der Waals surface area contributed by atoms with Crippen LogP contribution in [0.25, 0.3) is 0 Å². The molecule has 0 bridgehead atoms. The molecule has 1 aliphatic rings. The van der Waals surface area contributed by atoms with Crippen LogP contribution in [0.5, 0.6) is 0 Å². The summed E-state index contributed by atoms with van der Waals surface area (Å²) < 4.78 is 4.81. The Kier molecular flexibility index (Phi) is 5.03. The van der Waals surface area contributed by atoms with Gasteiger partial charge >= 0.3 is 5.97 Å². The fourth-order valence-electron chi connectivity index (χ4n) is 3.24. The van der Waals surface area contributed by atoms with Crippen LogP contribution in [0.3, 0.4) is 0 Å². The summed E-state index contributed by atoms with van der Waals surface area (Å²) in [5.41, 5.74) is 2.88. The van der Waals surface area contributed by atoms with Crippen LogP contribution in [-0.4, -0.2) is 29.5 Å². The van der Waals surface area contributed by atoms with Crippen molar-refractivity contribution in [1.29, 1.82) is 0 Å². The van der Waals surface area contributed by atoms with Crippen LogP contribution in [0.2, 0.25) is 0 Å². The minimum Gasteiger partial charge on any atom is -0.465 e. The van der Waals surface area contributed by atoms with Gasteiger partial charge in [-0.15, -0.1) is 0 Å². The zero-order valence-corrected chi connectivity index (χ0v) is 13.4. The summed E-state index contributed by atoms with van der Waals surface area (Å²) in [7, 11) is 1.41. The Morgan fingerprint density at radius 2 is 2.17 bits per heavy atom. The minimum absolute atomic E-state index is 0.285. The van der Waals surface area contributed by atoms with E-state index in [1.165, 1.54) is 20.0 Å². The molecular weight excluding hydrogens is 288 g/mol. The monoisotopic (exact) mass is 310 g/mol. The van der Waals surface area contributed by atoms with Crippen molar-refractivity contribution in [2.45, 2.75) is 31.8 Å². The molecule has 1 aromatic carbocycles. The first kappa shape index (κ1) is 15.7. The largest absolute Gasteiger partial charge is 0.465 e. The molecule has 0 saturated carbocycles. The van der Waals surface area contributed by atoms with E-state index >= 15 is 0 Å². The van der Waals surface area contributed by atoms with Crippen molar-refractivity contribution >= 4 is 5.97 Å². The van der Waals surface area contributed by atoms with Gasteiger partial charge in [0.1, 0.15) is 0 Å². The van der Waals surface area contributed by atoms with E-state index < -0.39 is 0 Å². The third-order valence-electron chi connectivity index (χ3n) is 4.38. The Morgan fingerprint density at radius 1 is 1.26 bits per heavy atom. The van der Waals surface area contributed by atoms with Gasteiger partial charge in [0, 0.05) is 12.7 Å². The molecule has 3 rings (SSSR count). The molecule has 1 aliphatic heterocycles. The first-order valence-corrected chi connectivity index (χ1v) is 8.10. The molecule has 0 N–H and O–H groups in total. The van der Waals surface area contributed by atoms with Gasteiger partial charge in [-0.25, -0.2) is 4.79 Å². The predicted molar refractivity (Wildman–Crippen MR) is 89.0 cm³/mol. The number of hydrogen-bond donors (Lipinski definition) is 0. The van der Waals surface area contributed by atoms with Gasteiger partial charge in [-0.1, -0.05) is 24.6 Å². The fraction of sp³-hybridized carbons (Fsp3) is 0.368. The topological polar surface area (TPSA) is 42.4 Å². The molecule has 4 heteroatoms. The van der Waals surface area contributed by atoms with E-state index in [0.29, 0.717) is 11.6 Å². The molecule has 1 fully saturated rings. The van der Waals surface area contributed by atoms with E-state index in [9.17, 15) is 4.79 Å². The summed E-state index contributed by atoms with van der Waals surface area (Å²) in [5.74, 6) is -0.285. The second-order valence-electron chi connectivity index (χ2n) is 5.93. The second kappa shape index (κ2) is 7.38. The maximum atomic E-state index is 11.7. The lowest BCUT2D eigenvalue weighted by atomic mass is 9.97. The number of likely N-dealkylation sites (tertiary alicyclic amines) is 1. The maximum absolute atomic E-state index is 11.7. The van der Waals surface area contributed by atoms with Crippen molar-refractivity contribution in [3.63, 3.8) is 0 Å². The van der Waals surface area contributed by atoms with Gasteiger partial charge in [-0.2, -0.15) is 0 Å². The van der Waals surface area contributed by atoms with Crippen LogP contribution >= 0.6 is 0 Å². The van der Waals surface area contributed by atoms with E-state index in [4.69, 9.17) is 4.74 Å². The molecule has 0 radical (unpaired) electrons. The lowest BCUT2D eigenvalue weighted by Crippen LogP contribution is -2.33. The van der Waals surface area contributed by atoms with Crippen molar-refractivity contribution in [3.05, 3.63) is 65.5 Å². The minimum atomic E-state index is -0.285. The average molecular weight is 310 g/mol. The predicted octanol–water partition coefficient (Wildman–Crippen LogP) is 3.60. The summed E-state index contributed by atoms with van der Waals surface area (Å²) in [4.78, 5) is 18.7. The molecule has 2 aromatic rings. The highest BCUT2D eigenvalue weighted by molar-refractivity contribution is 5.89. The second-order valence-corrected chi connectivity index (χ2v) is 5.93. The van der Waals surface area contributed by atoms with Crippen LogP contribution in [0.1, 0.15) is 46.9 Å².